The zero-order valence-electron chi connectivity index (χ0n) is 7.60. The number of alkyl halides is 3. The maximum absolute atomic E-state index is 12.3. The number of nitro groups is 1. The van der Waals surface area contributed by atoms with Crippen molar-refractivity contribution in [3.63, 3.8) is 0 Å². The Hall–Kier alpha value is -1.42. The minimum absolute atomic E-state index is 0.117. The highest BCUT2D eigenvalue weighted by Crippen LogP contribution is 2.31. The van der Waals surface area contributed by atoms with Gasteiger partial charge in [-0.25, -0.2) is 13.4 Å². The number of hydrogen-bond donors (Lipinski definition) is 0. The number of pyridine rings is 1. The van der Waals surface area contributed by atoms with Crippen LogP contribution in [-0.2, 0) is 15.2 Å². The van der Waals surface area contributed by atoms with E-state index in [4.69, 9.17) is 10.7 Å². The second-order valence-electron chi connectivity index (χ2n) is 2.74. The minimum Gasteiger partial charge on any atom is -0.258 e. The molecular weight excluding hydrogens is 289 g/mol. The average molecular weight is 291 g/mol. The van der Waals surface area contributed by atoms with Crippen molar-refractivity contribution < 1.29 is 26.5 Å². The van der Waals surface area contributed by atoms with E-state index in [1.54, 1.807) is 0 Å². The monoisotopic (exact) mass is 290 g/mol. The van der Waals surface area contributed by atoms with Crippen LogP contribution in [0.3, 0.4) is 0 Å². The van der Waals surface area contributed by atoms with Crippen molar-refractivity contribution in [2.45, 2.75) is 11.2 Å². The Bertz CT molecular complexity index is 571. The highest BCUT2D eigenvalue weighted by molar-refractivity contribution is 8.13. The Morgan fingerprint density at radius 2 is 1.88 bits per heavy atom. The first-order chi connectivity index (χ1) is 7.51. The summed E-state index contributed by atoms with van der Waals surface area (Å²) in [5, 5.41) is 9.11. The summed E-state index contributed by atoms with van der Waals surface area (Å²) in [4.78, 5) is 11.9. The lowest BCUT2D eigenvalue weighted by atomic mass is 10.3. The van der Waals surface area contributed by atoms with Crippen molar-refractivity contribution in [2.24, 2.45) is 0 Å². The molecule has 17 heavy (non-hydrogen) atoms. The van der Waals surface area contributed by atoms with Gasteiger partial charge in [-0.1, -0.05) is 0 Å². The van der Waals surface area contributed by atoms with E-state index in [2.05, 4.69) is 4.98 Å². The summed E-state index contributed by atoms with van der Waals surface area (Å²) in [6.07, 6.45) is -5.01. The quantitative estimate of drug-likeness (QED) is 0.471. The lowest BCUT2D eigenvalue weighted by Crippen LogP contribution is -2.11. The number of hydrogen-bond acceptors (Lipinski definition) is 5. The molecule has 0 saturated heterocycles. The Labute approximate surface area is 96.6 Å². The smallest absolute Gasteiger partial charge is 0.258 e. The van der Waals surface area contributed by atoms with Crippen molar-refractivity contribution >= 4 is 25.4 Å². The molecule has 0 fully saturated rings. The Morgan fingerprint density at radius 1 is 1.35 bits per heavy atom. The highest BCUT2D eigenvalue weighted by Gasteiger charge is 2.36. The maximum atomic E-state index is 12.3. The van der Waals surface area contributed by atoms with Crippen LogP contribution in [0.1, 0.15) is 5.69 Å². The molecule has 1 aromatic rings. The molecule has 0 aliphatic carbocycles. The molecule has 0 atom stereocenters. The predicted octanol–water partition coefficient (Wildman–Crippen LogP) is 1.94. The van der Waals surface area contributed by atoms with E-state index in [0.29, 0.717) is 6.07 Å². The fraction of sp³-hybridized carbons (Fsp3) is 0.167. The zero-order valence-corrected chi connectivity index (χ0v) is 9.17. The molecule has 0 unspecified atom stereocenters. The fourth-order valence-electron chi connectivity index (χ4n) is 0.867. The molecule has 0 spiro atoms. The van der Waals surface area contributed by atoms with Gasteiger partial charge in [0.1, 0.15) is 0 Å². The summed E-state index contributed by atoms with van der Waals surface area (Å²) in [5.41, 5.74) is -2.77. The van der Waals surface area contributed by atoms with Gasteiger partial charge >= 0.3 is 6.18 Å². The van der Waals surface area contributed by atoms with Crippen LogP contribution in [0.2, 0.25) is 0 Å². The summed E-state index contributed by atoms with van der Waals surface area (Å²) in [6.45, 7) is 0. The summed E-state index contributed by atoms with van der Waals surface area (Å²) >= 11 is 0. The number of aromatic nitrogens is 1. The lowest BCUT2D eigenvalue weighted by Gasteiger charge is -2.06. The van der Waals surface area contributed by atoms with E-state index < -0.39 is 36.6 Å². The van der Waals surface area contributed by atoms with Gasteiger partial charge in [0.05, 0.1) is 11.0 Å². The van der Waals surface area contributed by atoms with Crippen molar-refractivity contribution in [3.05, 3.63) is 27.9 Å². The standard InChI is InChI=1S/C6H2ClF3N2O4S/c7-17(15,16)5-2-3(12(13)14)1-4(11-5)6(8,9)10/h1-2H. The van der Waals surface area contributed by atoms with Crippen LogP contribution < -0.4 is 0 Å². The molecule has 0 N–H and O–H groups in total. The molecule has 0 saturated carbocycles. The normalized spacial score (nSPS) is 12.5. The summed E-state index contributed by atoms with van der Waals surface area (Å²) in [6, 6.07) is 0.461. The first-order valence-corrected chi connectivity index (χ1v) is 6.01. The molecule has 0 bridgehead atoms. The first-order valence-electron chi connectivity index (χ1n) is 3.70. The summed E-state index contributed by atoms with van der Waals surface area (Å²) in [5.74, 6) is 0. The van der Waals surface area contributed by atoms with Crippen molar-refractivity contribution in [1.82, 2.24) is 4.98 Å². The van der Waals surface area contributed by atoms with Gasteiger partial charge in [0.25, 0.3) is 14.7 Å². The highest BCUT2D eigenvalue weighted by atomic mass is 35.7. The Kier molecular flexibility index (Phi) is 3.30. The van der Waals surface area contributed by atoms with Gasteiger partial charge in [-0.2, -0.15) is 13.2 Å². The molecule has 0 amide bonds. The van der Waals surface area contributed by atoms with Crippen LogP contribution in [0, 0.1) is 10.1 Å². The van der Waals surface area contributed by atoms with Crippen LogP contribution in [-0.4, -0.2) is 18.3 Å². The molecule has 11 heteroatoms. The van der Waals surface area contributed by atoms with Gasteiger partial charge < -0.3 is 0 Å². The van der Waals surface area contributed by atoms with Crippen molar-refractivity contribution in [2.75, 3.05) is 0 Å². The molecule has 6 nitrogen and oxygen atoms in total. The second kappa shape index (κ2) is 4.11. The van der Waals surface area contributed by atoms with Gasteiger partial charge in [-0.05, 0) is 0 Å². The fourth-order valence-corrected chi connectivity index (χ4v) is 1.57. The Morgan fingerprint density at radius 3 is 2.24 bits per heavy atom. The molecular formula is C6H2ClF3N2O4S. The molecule has 0 aliphatic heterocycles. The van der Waals surface area contributed by atoms with Gasteiger partial charge in [0.15, 0.2) is 10.7 Å². The van der Waals surface area contributed by atoms with E-state index in [0.717, 1.165) is 0 Å². The van der Waals surface area contributed by atoms with E-state index in [1.165, 1.54) is 0 Å². The summed E-state index contributed by atoms with van der Waals surface area (Å²) in [7, 11) is 0.192. The molecule has 1 heterocycles. The average Bonchev–Trinajstić information content (AvgIpc) is 2.14. The molecule has 0 radical (unpaired) electrons. The molecule has 0 aliphatic rings. The lowest BCUT2D eigenvalue weighted by molar-refractivity contribution is -0.385. The first kappa shape index (κ1) is 13.6. The SMILES string of the molecule is O=[N+]([O-])c1cc(C(F)(F)F)nc(S(=O)(=O)Cl)c1. The Balaban J connectivity index is 3.56. The van der Waals surface area contributed by atoms with Crippen LogP contribution >= 0.6 is 10.7 Å². The van der Waals surface area contributed by atoms with Crippen molar-refractivity contribution in [3.8, 4) is 0 Å². The topological polar surface area (TPSA) is 90.2 Å². The van der Waals surface area contributed by atoms with Gasteiger partial charge in [0, 0.05) is 16.7 Å². The largest absolute Gasteiger partial charge is 0.433 e. The molecule has 1 rings (SSSR count). The van der Waals surface area contributed by atoms with Gasteiger partial charge in [0.2, 0.25) is 0 Å². The van der Waals surface area contributed by atoms with Gasteiger partial charge in [-0.15, -0.1) is 0 Å². The third-order valence-corrected chi connectivity index (χ3v) is 2.72. The number of nitrogens with zero attached hydrogens (tertiary/aromatic N) is 2. The van der Waals surface area contributed by atoms with E-state index in [1.807, 2.05) is 0 Å². The zero-order chi connectivity index (χ0) is 13.4. The molecule has 94 valence electrons. The van der Waals surface area contributed by atoms with Crippen molar-refractivity contribution in [1.29, 1.82) is 0 Å². The number of halogens is 4. The van der Waals surface area contributed by atoms with E-state index in [-0.39, 0.29) is 6.07 Å². The maximum Gasteiger partial charge on any atom is 0.433 e. The number of rotatable bonds is 2. The second-order valence-corrected chi connectivity index (χ2v) is 5.25. The molecule has 0 aromatic carbocycles. The third kappa shape index (κ3) is 3.27. The van der Waals surface area contributed by atoms with Crippen LogP contribution in [0.5, 0.6) is 0 Å². The van der Waals surface area contributed by atoms with E-state index in [9.17, 15) is 31.7 Å². The predicted molar refractivity (Wildman–Crippen MR) is 48.9 cm³/mol. The summed E-state index contributed by atoms with van der Waals surface area (Å²) < 4.78 is 58.4. The van der Waals surface area contributed by atoms with Crippen LogP contribution in [0.4, 0.5) is 18.9 Å². The van der Waals surface area contributed by atoms with E-state index >= 15 is 0 Å². The third-order valence-electron chi connectivity index (χ3n) is 1.54. The minimum atomic E-state index is -5.01. The molecule has 1 aromatic heterocycles. The van der Waals surface area contributed by atoms with Gasteiger partial charge in [-0.3, -0.25) is 10.1 Å². The van der Waals surface area contributed by atoms with Crippen LogP contribution in [0.15, 0.2) is 17.2 Å². The van der Waals surface area contributed by atoms with Crippen LogP contribution in [0.25, 0.3) is 0 Å².